The molecule has 0 saturated heterocycles. The largest absolute Gasteiger partial charge is 0.425 e. The molecule has 0 aliphatic rings. The van der Waals surface area contributed by atoms with Crippen LogP contribution < -0.4 is 11.9 Å². The van der Waals surface area contributed by atoms with Gasteiger partial charge >= 0.3 is 10.6 Å². The van der Waals surface area contributed by atoms with Crippen LogP contribution in [0.15, 0.2) is 0 Å². The average Bonchev–Trinajstić information content (AvgIpc) is 3.27. The van der Waals surface area contributed by atoms with E-state index in [1.807, 2.05) is 12.8 Å². The van der Waals surface area contributed by atoms with Gasteiger partial charge in [0.15, 0.2) is 0 Å². The van der Waals surface area contributed by atoms with Gasteiger partial charge in [-0.05, 0) is 161 Å². The molecule has 6 N–H and O–H groups in total. The number of aliphatic hydroxyl groups excluding tert-OH is 1. The summed E-state index contributed by atoms with van der Waals surface area (Å²) in [5.41, 5.74) is 4.79. The first-order valence-corrected chi connectivity index (χ1v) is 119. The third-order valence-electron chi connectivity index (χ3n) is 4.52. The molecule has 0 saturated carbocycles. The van der Waals surface area contributed by atoms with Crippen molar-refractivity contribution >= 4 is 484 Å². The summed E-state index contributed by atoms with van der Waals surface area (Å²) in [7, 11) is 95.5. The van der Waals surface area contributed by atoms with Crippen LogP contribution in [-0.2, 0) is 19.7 Å². The van der Waals surface area contributed by atoms with Crippen LogP contribution in [-0.4, -0.2) is 45.6 Å². The molecule has 474 valence electrons. The van der Waals surface area contributed by atoms with Gasteiger partial charge in [0.25, 0.3) is 0 Å². The summed E-state index contributed by atoms with van der Waals surface area (Å²) in [4.78, 5) is 0. The van der Waals surface area contributed by atoms with Gasteiger partial charge in [0, 0.05) is 17.1 Å². The standard InChI is InChI=1S/C4H6.C3H5N.C3H4O.CH3ClO2S.H3N.O3S.H21P19.H20P18.H19P17.H4P2/c1-3-4-2;2*1-2-3-4;1-5(2,3)4;;1-4(2)3;1-11-16(10)19(17(12(2)3)13(4)5)18(14(6)7)15(8)9;1-11(2)16(12(3)4)18(15(9)10)17(13(5)6)14(7)8;1-10-15(11(2)3)17(14(8)9)16(12(4)5)13(6)7;1-2/h1H,4H2,2H3;1H,3-4H2;1,4H,3H2;1H3;1H3;;11H,1-10H2;1-10H2;10H,1-9H2;1-2H2. The van der Waals surface area contributed by atoms with Crippen molar-refractivity contribution in [2.45, 2.75) is 13.3 Å². The van der Waals surface area contributed by atoms with Crippen molar-refractivity contribution in [1.29, 1.82) is 0 Å². The Morgan fingerprint density at radius 2 is 0.628 bits per heavy atom. The van der Waals surface area contributed by atoms with E-state index >= 15 is 0 Å². The van der Waals surface area contributed by atoms with Crippen molar-refractivity contribution in [3.05, 3.63) is 0 Å². The van der Waals surface area contributed by atoms with Gasteiger partial charge in [-0.1, -0.05) is 34.7 Å². The summed E-state index contributed by atoms with van der Waals surface area (Å²) < 4.78 is 44.1. The lowest BCUT2D eigenvalue weighted by molar-refractivity contribution is 0.351. The Morgan fingerprint density at radius 3 is 0.731 bits per heavy atom. The number of nitrogens with two attached hydrogens (primary N) is 1. The molecule has 36 unspecified atom stereocenters. The number of hydrogen-bond donors (Lipinski definition) is 3. The molecule has 67 heteroatoms. The second kappa shape index (κ2) is 82.0. The molecule has 0 heterocycles. The summed E-state index contributed by atoms with van der Waals surface area (Å²) in [6.45, 7) is 4.61. The summed E-state index contributed by atoms with van der Waals surface area (Å²) in [5.74, 6) is 6.62. The van der Waals surface area contributed by atoms with Crippen LogP contribution in [0.2, 0.25) is 0 Å². The van der Waals surface area contributed by atoms with Crippen LogP contribution in [0.1, 0.15) is 13.3 Å². The second-order valence-electron chi connectivity index (χ2n) is 10.2. The molecule has 8 nitrogen and oxygen atoms in total. The topological polar surface area (TPSA) is 167 Å². The van der Waals surface area contributed by atoms with E-state index in [1.165, 1.54) is 0 Å². The van der Waals surface area contributed by atoms with E-state index in [0.29, 0.717) is 6.54 Å². The van der Waals surface area contributed by atoms with Crippen molar-refractivity contribution < 1.29 is 26.2 Å². The van der Waals surface area contributed by atoms with Gasteiger partial charge in [-0.15, -0.1) is 315 Å². The first-order valence-electron chi connectivity index (χ1n) is 17.1. The lowest BCUT2D eigenvalue weighted by Crippen LogP contribution is -1.91. The monoisotopic (exact) mass is 2180 g/mol. The van der Waals surface area contributed by atoms with Crippen LogP contribution >= 0.6 is 464 Å². The van der Waals surface area contributed by atoms with Crippen molar-refractivity contribution in [3.8, 4) is 37.0 Å². The van der Waals surface area contributed by atoms with Crippen LogP contribution in [0.4, 0.5) is 0 Å². The van der Waals surface area contributed by atoms with Gasteiger partial charge in [0.1, 0.15) is 6.61 Å². The Balaban J connectivity index is -0.0000000919. The SMILES string of the molecule is C#CCC.C#CCN.C#CCO.CS(=O)(=O)Cl.N.O=S(=O)=O.PP.PP(P)P(P(P)P)P(P(P)P)P(P(P)P)P(P)P.PPP(P(P)P)P(P(P)P)P(P(P)P)P(P)P.PPP(P)P(P(P(P)P)P(P)P)P(P(P)P)P(P)P. The van der Waals surface area contributed by atoms with Gasteiger partial charge in [-0.3, -0.25) is 0 Å². The smallest absolute Gasteiger partial charge is 0.384 e. The number of halogens is 1. The molecule has 0 fully saturated rings. The van der Waals surface area contributed by atoms with Crippen molar-refractivity contribution in [2.75, 3.05) is 19.4 Å². The molecule has 0 aliphatic heterocycles. The van der Waals surface area contributed by atoms with E-state index in [-0.39, 0.29) is 173 Å². The van der Waals surface area contributed by atoms with Gasteiger partial charge < -0.3 is 17.0 Å². The molecule has 0 spiro atoms. The molecule has 0 bridgehead atoms. The second-order valence-corrected chi connectivity index (χ2v) is 221. The van der Waals surface area contributed by atoms with E-state index < -0.39 is 19.7 Å². The van der Waals surface area contributed by atoms with Crippen LogP contribution in [0.25, 0.3) is 0 Å². The maximum atomic E-state index is 9.40. The van der Waals surface area contributed by atoms with Crippen LogP contribution in [0.3, 0.4) is 0 Å². The third-order valence-corrected chi connectivity index (χ3v) is 333. The van der Waals surface area contributed by atoms with Gasteiger partial charge in [0.2, 0.25) is 9.05 Å². The van der Waals surface area contributed by atoms with Gasteiger partial charge in [0.05, 0.1) is 12.8 Å². The lowest BCUT2D eigenvalue weighted by Gasteiger charge is -2.44. The minimum atomic E-state index is -3.19. The number of terminal acetylenes is 3. The van der Waals surface area contributed by atoms with E-state index in [4.69, 9.17) is 29.9 Å². The van der Waals surface area contributed by atoms with E-state index in [2.05, 4.69) is 312 Å². The molecular weight excluding hydrogens is 2090 g/mol. The molecule has 0 aliphatic carbocycles. The van der Waals surface area contributed by atoms with E-state index in [0.717, 1.165) is 28.6 Å². The van der Waals surface area contributed by atoms with Crippen LogP contribution in [0.5, 0.6) is 0 Å². The normalized spacial score (nSPS) is 12.6. The fraction of sp³-hybridized carbons (Fsp3) is 0.455. The van der Waals surface area contributed by atoms with Crippen LogP contribution in [0, 0.1) is 37.0 Å². The summed E-state index contributed by atoms with van der Waals surface area (Å²) in [6, 6.07) is 0. The lowest BCUT2D eigenvalue weighted by atomic mass is 10.5. The highest BCUT2D eigenvalue weighted by atomic mass is 35.7. The molecule has 0 radical (unpaired) electrons. The molecular formula is C11H85ClN2O6P56S2. The zero-order valence-corrected chi connectivity index (χ0v) is 102. The Kier molecular flexibility index (Phi) is 128. The fourth-order valence-electron chi connectivity index (χ4n) is 2.55. The fourth-order valence-corrected chi connectivity index (χ4v) is 619. The number of aliphatic hydroxyl groups is 1. The Bertz CT molecular complexity index is 1550. The highest BCUT2D eigenvalue weighted by molar-refractivity contribution is 9.36. The summed E-state index contributed by atoms with van der Waals surface area (Å²) in [5, 5.41) is 7.64. The summed E-state index contributed by atoms with van der Waals surface area (Å²) in [6.07, 6.45) is 15.7. The zero-order chi connectivity index (χ0) is 64.0. The Morgan fingerprint density at radius 1 is 0.462 bits per heavy atom. The molecule has 0 aromatic rings. The quantitative estimate of drug-likeness (QED) is 0.0547. The van der Waals surface area contributed by atoms with Crippen molar-refractivity contribution in [1.82, 2.24) is 6.15 Å². The Labute approximate surface area is 583 Å². The molecule has 0 aromatic carbocycles. The molecule has 0 amide bonds. The van der Waals surface area contributed by atoms with E-state index in [9.17, 15) is 8.42 Å². The number of rotatable bonds is 22. The van der Waals surface area contributed by atoms with Crippen molar-refractivity contribution in [2.24, 2.45) is 5.73 Å². The average molecular weight is 2180 g/mol. The van der Waals surface area contributed by atoms with Crippen molar-refractivity contribution in [3.63, 3.8) is 0 Å². The highest BCUT2D eigenvalue weighted by Gasteiger charge is 2.41. The maximum Gasteiger partial charge on any atom is 0.425 e. The highest BCUT2D eigenvalue weighted by Crippen LogP contribution is 3.30. The first-order chi connectivity index (χ1) is 35.0. The van der Waals surface area contributed by atoms with Gasteiger partial charge in [-0.25, -0.2) is 8.42 Å². The number of hydrogen-bond acceptors (Lipinski definition) is 8. The zero-order valence-electron chi connectivity index (χ0n) is 41.5. The van der Waals surface area contributed by atoms with E-state index in [1.54, 1.807) is 0 Å². The third kappa shape index (κ3) is 78.1. The predicted molar refractivity (Wildman–Crippen MR) is 565 cm³/mol. The molecule has 36 atom stereocenters. The predicted octanol–water partition coefficient (Wildman–Crippen LogP) is 30.7. The molecule has 78 heavy (non-hydrogen) atoms. The maximum absolute atomic E-state index is 9.40. The minimum absolute atomic E-state index is 0. The first kappa shape index (κ1) is 121. The van der Waals surface area contributed by atoms with Gasteiger partial charge in [-0.2, -0.15) is 0 Å². The Hall–Kier alpha value is 22.5. The minimum Gasteiger partial charge on any atom is -0.384 e. The molecule has 0 aromatic heterocycles. The molecule has 0 rings (SSSR count). The summed E-state index contributed by atoms with van der Waals surface area (Å²) >= 11 is 0.